The van der Waals surface area contributed by atoms with E-state index >= 15 is 0 Å². The number of carbonyl (C=O) groups is 1. The topological polar surface area (TPSA) is 70.8 Å². The van der Waals surface area contributed by atoms with Crippen LogP contribution in [-0.2, 0) is 13.1 Å². The molecule has 1 amide bonds. The first-order valence-corrected chi connectivity index (χ1v) is 14.1. The van der Waals surface area contributed by atoms with Gasteiger partial charge in [-0.15, -0.1) is 0 Å². The Morgan fingerprint density at radius 1 is 0.872 bits per heavy atom. The number of nitrogens with zero attached hydrogens (tertiary/aromatic N) is 2. The zero-order valence-electron chi connectivity index (χ0n) is 22.1. The number of piperidine rings is 2. The van der Waals surface area contributed by atoms with Crippen molar-refractivity contribution in [2.24, 2.45) is 0 Å². The molecular formula is C31H36ClFN4O2. The van der Waals surface area contributed by atoms with E-state index in [0.717, 1.165) is 75.7 Å². The average Bonchev–Trinajstić information content (AvgIpc) is 2.94. The van der Waals surface area contributed by atoms with Crippen LogP contribution in [0, 0.1) is 5.82 Å². The Bertz CT molecular complexity index is 1240. The third kappa shape index (κ3) is 7.72. The molecule has 0 saturated carbocycles. The van der Waals surface area contributed by atoms with Crippen molar-refractivity contribution in [3.63, 3.8) is 0 Å². The third-order valence-electron chi connectivity index (χ3n) is 7.65. The lowest BCUT2D eigenvalue weighted by molar-refractivity contribution is 0.0904. The van der Waals surface area contributed by atoms with Gasteiger partial charge in [0.2, 0.25) is 0 Å². The fourth-order valence-electron chi connectivity index (χ4n) is 5.34. The van der Waals surface area contributed by atoms with Crippen LogP contribution in [-0.4, -0.2) is 54.0 Å². The first-order chi connectivity index (χ1) is 18.9. The monoisotopic (exact) mass is 550 g/mol. The molecule has 5 rings (SSSR count). The van der Waals surface area contributed by atoms with Gasteiger partial charge in [-0.2, -0.15) is 0 Å². The molecule has 0 unspecified atom stereocenters. The summed E-state index contributed by atoms with van der Waals surface area (Å²) in [5, 5.41) is 3.82. The Balaban J connectivity index is 1.05. The molecule has 6 nitrogen and oxygen atoms in total. The number of amides is 1. The van der Waals surface area contributed by atoms with Gasteiger partial charge in [-0.05, 0) is 79.3 Å². The van der Waals surface area contributed by atoms with Gasteiger partial charge in [-0.25, -0.2) is 4.39 Å². The summed E-state index contributed by atoms with van der Waals surface area (Å²) in [5.41, 5.74) is 9.32. The van der Waals surface area contributed by atoms with Crippen molar-refractivity contribution < 1.29 is 13.9 Å². The first kappa shape index (κ1) is 27.4. The standard InChI is InChI=1S/C31H36ClFN4O2/c32-25-6-1-22(2-7-25)20-36-15-11-27(12-16-36)35-31(38)24-5-10-30(29(33)19-24)39-28-13-17-37(18-14-28)21-23-3-8-26(34)9-4-23/h1-10,19,27-28H,11-18,20-21,34H2,(H,35,38). The molecule has 0 bridgehead atoms. The van der Waals surface area contributed by atoms with Crippen molar-refractivity contribution in [3.05, 3.63) is 94.3 Å². The summed E-state index contributed by atoms with van der Waals surface area (Å²) in [6.45, 7) is 5.30. The molecule has 3 N–H and O–H groups in total. The molecular weight excluding hydrogens is 515 g/mol. The van der Waals surface area contributed by atoms with E-state index in [4.69, 9.17) is 22.1 Å². The smallest absolute Gasteiger partial charge is 0.251 e. The van der Waals surface area contributed by atoms with Crippen LogP contribution >= 0.6 is 11.6 Å². The predicted octanol–water partition coefficient (Wildman–Crippen LogP) is 5.50. The number of ether oxygens (including phenoxy) is 1. The first-order valence-electron chi connectivity index (χ1n) is 13.7. The summed E-state index contributed by atoms with van der Waals surface area (Å²) in [5.74, 6) is -0.531. The lowest BCUT2D eigenvalue weighted by atomic mass is 10.0. The van der Waals surface area contributed by atoms with Gasteiger partial charge in [0.1, 0.15) is 6.10 Å². The number of carbonyl (C=O) groups excluding carboxylic acids is 1. The van der Waals surface area contributed by atoms with Gasteiger partial charge in [0.15, 0.2) is 11.6 Å². The maximum atomic E-state index is 14.9. The maximum Gasteiger partial charge on any atom is 0.251 e. The quantitative estimate of drug-likeness (QED) is 0.362. The summed E-state index contributed by atoms with van der Waals surface area (Å²) in [4.78, 5) is 17.6. The normalized spacial score (nSPS) is 17.7. The Morgan fingerprint density at radius 3 is 2.03 bits per heavy atom. The number of hydrogen-bond donors (Lipinski definition) is 2. The zero-order chi connectivity index (χ0) is 27.2. The molecule has 39 heavy (non-hydrogen) atoms. The molecule has 3 aromatic rings. The Kier molecular flexibility index (Phi) is 9.02. The van der Waals surface area contributed by atoms with Gasteiger partial charge in [0.05, 0.1) is 0 Å². The van der Waals surface area contributed by atoms with Crippen molar-refractivity contribution in [1.29, 1.82) is 0 Å². The summed E-state index contributed by atoms with van der Waals surface area (Å²) >= 11 is 5.98. The van der Waals surface area contributed by atoms with Gasteiger partial charge >= 0.3 is 0 Å². The molecule has 2 fully saturated rings. The van der Waals surface area contributed by atoms with Gasteiger partial charge in [-0.1, -0.05) is 35.9 Å². The lowest BCUT2D eigenvalue weighted by Gasteiger charge is -2.32. The van der Waals surface area contributed by atoms with E-state index in [1.165, 1.54) is 17.2 Å². The van der Waals surface area contributed by atoms with Crippen molar-refractivity contribution in [3.8, 4) is 5.75 Å². The van der Waals surface area contributed by atoms with Crippen LogP contribution in [0.15, 0.2) is 66.7 Å². The molecule has 3 aromatic carbocycles. The fraction of sp³-hybridized carbons (Fsp3) is 0.387. The highest BCUT2D eigenvalue weighted by atomic mass is 35.5. The van der Waals surface area contributed by atoms with Crippen molar-refractivity contribution >= 4 is 23.2 Å². The van der Waals surface area contributed by atoms with Crippen LogP contribution in [0.3, 0.4) is 0 Å². The second-order valence-electron chi connectivity index (χ2n) is 10.6. The largest absolute Gasteiger partial charge is 0.487 e. The van der Waals surface area contributed by atoms with E-state index in [-0.39, 0.29) is 23.8 Å². The number of benzene rings is 3. The Morgan fingerprint density at radius 2 is 1.44 bits per heavy atom. The molecule has 206 valence electrons. The molecule has 0 radical (unpaired) electrons. The van der Waals surface area contributed by atoms with Crippen LogP contribution in [0.2, 0.25) is 5.02 Å². The van der Waals surface area contributed by atoms with Crippen LogP contribution in [0.1, 0.15) is 47.2 Å². The summed E-state index contributed by atoms with van der Waals surface area (Å²) in [6.07, 6.45) is 3.33. The number of nitrogen functional groups attached to an aromatic ring is 1. The number of hydrogen-bond acceptors (Lipinski definition) is 5. The number of nitrogens with one attached hydrogen (secondary N) is 1. The van der Waals surface area contributed by atoms with E-state index in [9.17, 15) is 9.18 Å². The van der Waals surface area contributed by atoms with E-state index in [1.807, 2.05) is 36.4 Å². The minimum atomic E-state index is -0.496. The molecule has 0 aliphatic carbocycles. The van der Waals surface area contributed by atoms with E-state index < -0.39 is 5.82 Å². The molecule has 8 heteroatoms. The summed E-state index contributed by atoms with van der Waals surface area (Å²) in [6, 6.07) is 20.5. The molecule has 0 spiro atoms. The minimum Gasteiger partial charge on any atom is -0.487 e. The Labute approximate surface area is 234 Å². The Hall–Kier alpha value is -3.13. The number of likely N-dealkylation sites (tertiary alicyclic amines) is 2. The van der Waals surface area contributed by atoms with Gasteiger partial charge < -0.3 is 15.8 Å². The molecule has 2 aliphatic rings. The fourth-order valence-corrected chi connectivity index (χ4v) is 5.46. The lowest BCUT2D eigenvalue weighted by Crippen LogP contribution is -2.44. The van der Waals surface area contributed by atoms with Crippen molar-refractivity contribution in [1.82, 2.24) is 15.1 Å². The third-order valence-corrected chi connectivity index (χ3v) is 7.90. The molecule has 2 saturated heterocycles. The van der Waals surface area contributed by atoms with E-state index in [0.29, 0.717) is 5.56 Å². The number of rotatable bonds is 8. The van der Waals surface area contributed by atoms with Crippen LogP contribution in [0.25, 0.3) is 0 Å². The SMILES string of the molecule is Nc1ccc(CN2CCC(Oc3ccc(C(=O)NC4CCN(Cc5ccc(Cl)cc5)CC4)cc3F)CC2)cc1. The molecule has 2 heterocycles. The highest BCUT2D eigenvalue weighted by molar-refractivity contribution is 6.30. The molecule has 0 aromatic heterocycles. The van der Waals surface area contributed by atoms with Crippen LogP contribution in [0.5, 0.6) is 5.75 Å². The second kappa shape index (κ2) is 12.8. The summed E-state index contributed by atoms with van der Waals surface area (Å²) < 4.78 is 20.9. The average molecular weight is 551 g/mol. The molecule has 0 atom stereocenters. The van der Waals surface area contributed by atoms with Crippen molar-refractivity contribution in [2.45, 2.75) is 50.9 Å². The van der Waals surface area contributed by atoms with Crippen LogP contribution < -0.4 is 15.8 Å². The highest BCUT2D eigenvalue weighted by Gasteiger charge is 2.24. The highest BCUT2D eigenvalue weighted by Crippen LogP contribution is 2.24. The van der Waals surface area contributed by atoms with Gasteiger partial charge in [0, 0.05) is 61.6 Å². The van der Waals surface area contributed by atoms with Gasteiger partial charge in [0.25, 0.3) is 5.91 Å². The minimum absolute atomic E-state index is 0.0418. The van der Waals surface area contributed by atoms with Gasteiger partial charge in [-0.3, -0.25) is 14.6 Å². The summed E-state index contributed by atoms with van der Waals surface area (Å²) in [7, 11) is 0. The van der Waals surface area contributed by atoms with E-state index in [1.54, 1.807) is 12.1 Å². The van der Waals surface area contributed by atoms with E-state index in [2.05, 4.69) is 27.2 Å². The van der Waals surface area contributed by atoms with Crippen LogP contribution in [0.4, 0.5) is 10.1 Å². The number of nitrogens with two attached hydrogens (primary N) is 1. The van der Waals surface area contributed by atoms with Crippen molar-refractivity contribution in [2.75, 3.05) is 31.9 Å². The predicted molar refractivity (Wildman–Crippen MR) is 153 cm³/mol. The second-order valence-corrected chi connectivity index (χ2v) is 11.1. The zero-order valence-corrected chi connectivity index (χ0v) is 22.9. The molecule has 2 aliphatic heterocycles. The number of anilines is 1. The maximum absolute atomic E-state index is 14.9. The number of halogens is 2.